The molecule has 16 nitrogen and oxygen atoms in total. The Morgan fingerprint density at radius 1 is 0.881 bits per heavy atom. The van der Waals surface area contributed by atoms with E-state index in [1.165, 1.54) is 52.0 Å². The van der Waals surface area contributed by atoms with E-state index in [4.69, 9.17) is 23.7 Å². The van der Waals surface area contributed by atoms with Crippen LogP contribution in [-0.4, -0.2) is 111 Å². The first-order chi connectivity index (χ1) is 27.6. The number of hydrogen-bond donors (Lipinski definition) is 4. The molecule has 1 saturated heterocycles. The standard InChI is InChI=1S/C43H49NO15/c1-21-27(57-39(53)32(49)31(44-37(51)22(2)45)25-14-10-8-11-15-25)19-43(54)36(58-38(52)26-16-12-9-13-17-26)34-41(7,28(48)18-29-42(34,20-55-29)59-24(4)47)35(50)33(56-23(3)46)30(21)40(43,5)6/h8-17,27-29,31-34,36,48-49,54H,18-20H2,1-7H3,(H,44,51)/t27-,28-,29+,31-,32+,33+,34-,36-,41+,42-,43-/m0/s1. The summed E-state index contributed by atoms with van der Waals surface area (Å²) in [6.45, 7) is 8.80. The molecule has 3 aliphatic carbocycles. The molecule has 1 aliphatic heterocycles. The molecule has 2 aromatic carbocycles. The van der Waals surface area contributed by atoms with Gasteiger partial charge >= 0.3 is 23.9 Å². The Morgan fingerprint density at radius 2 is 1.49 bits per heavy atom. The molecule has 0 spiro atoms. The zero-order valence-electron chi connectivity index (χ0n) is 33.8. The van der Waals surface area contributed by atoms with Crippen LogP contribution in [0, 0.1) is 16.7 Å². The van der Waals surface area contributed by atoms with Gasteiger partial charge < -0.3 is 44.3 Å². The van der Waals surface area contributed by atoms with Gasteiger partial charge in [0, 0.05) is 39.0 Å². The molecule has 4 aliphatic rings. The van der Waals surface area contributed by atoms with Crippen LogP contribution < -0.4 is 5.32 Å². The first kappa shape index (κ1) is 43.3. The van der Waals surface area contributed by atoms with Gasteiger partial charge in [-0.1, -0.05) is 62.4 Å². The zero-order chi connectivity index (χ0) is 43.4. The van der Waals surface area contributed by atoms with E-state index < -0.39 is 118 Å². The number of Topliss-reactive ketones (excluding diaryl/α,β-unsaturated/α-hetero) is 2. The van der Waals surface area contributed by atoms with Crippen molar-refractivity contribution in [2.45, 2.75) is 115 Å². The average molecular weight is 820 g/mol. The van der Waals surface area contributed by atoms with Crippen molar-refractivity contribution in [3.05, 3.63) is 82.9 Å². The maximum Gasteiger partial charge on any atom is 0.338 e. The Balaban J connectivity index is 1.56. The summed E-state index contributed by atoms with van der Waals surface area (Å²) in [4.78, 5) is 94.0. The van der Waals surface area contributed by atoms with Crippen LogP contribution in [0.3, 0.4) is 0 Å². The minimum Gasteiger partial charge on any atom is -0.456 e. The second kappa shape index (κ2) is 15.7. The van der Waals surface area contributed by atoms with Gasteiger partial charge in [0.2, 0.25) is 5.78 Å². The zero-order valence-corrected chi connectivity index (χ0v) is 33.8. The van der Waals surface area contributed by atoms with Gasteiger partial charge in [0.05, 0.1) is 35.6 Å². The van der Waals surface area contributed by atoms with Crippen molar-refractivity contribution in [3.63, 3.8) is 0 Å². The molecule has 11 atom stereocenters. The topological polar surface area (TPSA) is 238 Å². The van der Waals surface area contributed by atoms with Crippen molar-refractivity contribution in [1.29, 1.82) is 0 Å². The summed E-state index contributed by atoms with van der Waals surface area (Å²) in [5, 5.41) is 39.4. The number of rotatable bonds is 10. The molecule has 3 fully saturated rings. The van der Waals surface area contributed by atoms with E-state index in [1.54, 1.807) is 36.4 Å². The van der Waals surface area contributed by atoms with Gasteiger partial charge in [-0.15, -0.1) is 0 Å². The van der Waals surface area contributed by atoms with Crippen molar-refractivity contribution < 1.29 is 72.6 Å². The van der Waals surface area contributed by atoms with Gasteiger partial charge in [0.15, 0.2) is 23.6 Å². The lowest BCUT2D eigenvalue weighted by molar-refractivity contribution is -0.346. The molecular weight excluding hydrogens is 770 g/mol. The van der Waals surface area contributed by atoms with Crippen LogP contribution in [0.15, 0.2) is 71.8 Å². The minimum atomic E-state index is -2.42. The number of ether oxygens (including phenoxy) is 5. The van der Waals surface area contributed by atoms with Crippen molar-refractivity contribution in [2.24, 2.45) is 16.7 Å². The van der Waals surface area contributed by atoms with E-state index in [0.29, 0.717) is 0 Å². The highest BCUT2D eigenvalue weighted by atomic mass is 16.6. The van der Waals surface area contributed by atoms with Crippen LogP contribution in [0.25, 0.3) is 0 Å². The largest absolute Gasteiger partial charge is 0.456 e. The maximum absolute atomic E-state index is 15.4. The summed E-state index contributed by atoms with van der Waals surface area (Å²) in [7, 11) is 0. The predicted molar refractivity (Wildman–Crippen MR) is 203 cm³/mol. The van der Waals surface area contributed by atoms with Crippen molar-refractivity contribution >= 4 is 41.4 Å². The minimum absolute atomic E-state index is 0.0376. The molecule has 2 aromatic rings. The Morgan fingerprint density at radius 3 is 2.03 bits per heavy atom. The van der Waals surface area contributed by atoms with Crippen LogP contribution in [0.4, 0.5) is 0 Å². The van der Waals surface area contributed by atoms with E-state index in [-0.39, 0.29) is 35.3 Å². The summed E-state index contributed by atoms with van der Waals surface area (Å²) >= 11 is 0. The third-order valence-electron chi connectivity index (χ3n) is 12.8. The number of nitrogens with one attached hydrogen (secondary N) is 1. The van der Waals surface area contributed by atoms with Gasteiger partial charge in [-0.2, -0.15) is 0 Å². The first-order valence-corrected chi connectivity index (χ1v) is 19.3. The first-order valence-electron chi connectivity index (χ1n) is 19.3. The number of carbonyl (C=O) groups excluding carboxylic acids is 7. The third kappa shape index (κ3) is 7.15. The molecular formula is C43H49NO15. The number of ketones is 2. The highest BCUT2D eigenvalue weighted by molar-refractivity contribution is 6.35. The molecule has 0 unspecified atom stereocenters. The number of amides is 1. The smallest absolute Gasteiger partial charge is 0.338 e. The molecule has 0 radical (unpaired) electrons. The number of fused-ring (bicyclic) bond motifs is 5. The fourth-order valence-corrected chi connectivity index (χ4v) is 9.61. The maximum atomic E-state index is 15.4. The lowest BCUT2D eigenvalue weighted by Gasteiger charge is -2.67. The van der Waals surface area contributed by atoms with Gasteiger partial charge in [0.1, 0.15) is 23.9 Å². The highest BCUT2D eigenvalue weighted by Crippen LogP contribution is 2.64. The summed E-state index contributed by atoms with van der Waals surface area (Å²) in [5.41, 5.74) is -7.57. The van der Waals surface area contributed by atoms with E-state index in [1.807, 2.05) is 0 Å². The molecule has 16 heteroatoms. The fourth-order valence-electron chi connectivity index (χ4n) is 9.61. The molecule has 316 valence electrons. The second-order valence-corrected chi connectivity index (χ2v) is 16.5. The quantitative estimate of drug-likeness (QED) is 0.116. The van der Waals surface area contributed by atoms with E-state index in [9.17, 15) is 44.1 Å². The average Bonchev–Trinajstić information content (AvgIpc) is 3.18. The van der Waals surface area contributed by atoms with Crippen molar-refractivity contribution in [3.8, 4) is 0 Å². The summed E-state index contributed by atoms with van der Waals surface area (Å²) in [6.07, 6.45) is -10.8. The van der Waals surface area contributed by atoms with Gasteiger partial charge in [-0.05, 0) is 42.7 Å². The molecule has 6 rings (SSSR count). The number of carbonyl (C=O) groups is 7. The Kier molecular flexibility index (Phi) is 11.5. The van der Waals surface area contributed by atoms with Gasteiger partial charge in [-0.25, -0.2) is 9.59 Å². The van der Waals surface area contributed by atoms with Crippen LogP contribution in [-0.2, 0) is 52.5 Å². The summed E-state index contributed by atoms with van der Waals surface area (Å²) in [6, 6.07) is 14.1. The highest BCUT2D eigenvalue weighted by Gasteiger charge is 2.78. The fraction of sp³-hybridized carbons (Fsp3) is 0.512. The van der Waals surface area contributed by atoms with Crippen LogP contribution in [0.2, 0.25) is 0 Å². The molecule has 0 aromatic heterocycles. The predicted octanol–water partition coefficient (Wildman–Crippen LogP) is 2.01. The lowest BCUT2D eigenvalue weighted by Crippen LogP contribution is -2.82. The van der Waals surface area contributed by atoms with E-state index in [2.05, 4.69) is 5.32 Å². The molecule has 2 bridgehead atoms. The van der Waals surface area contributed by atoms with Gasteiger partial charge in [0.25, 0.3) is 5.91 Å². The SMILES string of the molecule is CC(=O)O[C@H]1C(=O)[C@@]2(C)[C@H]([C@H](OC(=O)c3ccccc3)[C@@]3(O)C[C@H](OC(=O)[C@H](O)[C@@H](NC(=O)C(C)=O)c4ccccc4)C(C)=C1C3(C)C)[C@]1(OC(C)=O)CO[C@@H]1C[C@@H]2O. The molecule has 1 heterocycles. The monoisotopic (exact) mass is 819 g/mol. The lowest BCUT2D eigenvalue weighted by atomic mass is 9.44. The second-order valence-electron chi connectivity index (χ2n) is 16.5. The number of aliphatic hydroxyl groups is 3. The Hall–Kier alpha value is -5.29. The summed E-state index contributed by atoms with van der Waals surface area (Å²) < 4.78 is 30.0. The third-order valence-corrected chi connectivity index (χ3v) is 12.8. The number of esters is 4. The van der Waals surface area contributed by atoms with Gasteiger partial charge in [-0.3, -0.25) is 24.0 Å². The van der Waals surface area contributed by atoms with E-state index in [0.717, 1.165) is 20.8 Å². The Bertz CT molecular complexity index is 2080. The normalized spacial score (nSPS) is 32.9. The number of benzene rings is 2. The summed E-state index contributed by atoms with van der Waals surface area (Å²) in [5.74, 6) is -8.43. The van der Waals surface area contributed by atoms with E-state index >= 15 is 4.79 Å². The van der Waals surface area contributed by atoms with Crippen molar-refractivity contribution in [1.82, 2.24) is 5.32 Å². The van der Waals surface area contributed by atoms with Crippen LogP contribution >= 0.6 is 0 Å². The molecule has 59 heavy (non-hydrogen) atoms. The van der Waals surface area contributed by atoms with Crippen LogP contribution in [0.5, 0.6) is 0 Å². The molecule has 4 N–H and O–H groups in total. The van der Waals surface area contributed by atoms with Crippen molar-refractivity contribution in [2.75, 3.05) is 6.61 Å². The molecule has 1 amide bonds. The number of hydrogen-bond acceptors (Lipinski definition) is 15. The Labute approximate surface area is 340 Å². The number of aliphatic hydroxyl groups excluding tert-OH is 2. The van der Waals surface area contributed by atoms with Crippen LogP contribution in [0.1, 0.15) is 83.3 Å². The molecule has 2 saturated carbocycles.